The van der Waals surface area contributed by atoms with E-state index in [1.807, 2.05) is 19.1 Å². The predicted octanol–water partition coefficient (Wildman–Crippen LogP) is 4.15. The van der Waals surface area contributed by atoms with Crippen LogP contribution < -0.4 is 10.0 Å². The van der Waals surface area contributed by atoms with E-state index in [4.69, 9.17) is 23.2 Å². The minimum absolute atomic E-state index is 0.328. The SMILES string of the molecule is Cc1ccc(S(=O)NC(=O)Nc2ccc(Cl)c(Cl)c2)cc1. The lowest BCUT2D eigenvalue weighted by Crippen LogP contribution is -2.30. The molecule has 1 unspecified atom stereocenters. The van der Waals surface area contributed by atoms with Crippen LogP contribution in [0.15, 0.2) is 47.4 Å². The van der Waals surface area contributed by atoms with Crippen molar-refractivity contribution in [3.8, 4) is 0 Å². The minimum atomic E-state index is -1.63. The summed E-state index contributed by atoms with van der Waals surface area (Å²) in [7, 11) is -1.63. The highest BCUT2D eigenvalue weighted by atomic mass is 35.5. The maximum Gasteiger partial charge on any atom is 0.331 e. The van der Waals surface area contributed by atoms with E-state index in [1.54, 1.807) is 24.3 Å². The first-order chi connectivity index (χ1) is 9.95. The summed E-state index contributed by atoms with van der Waals surface area (Å²) in [5.74, 6) is 0. The van der Waals surface area contributed by atoms with Gasteiger partial charge < -0.3 is 5.32 Å². The zero-order valence-corrected chi connectivity index (χ0v) is 13.4. The average Bonchev–Trinajstić information content (AvgIpc) is 2.43. The molecule has 0 aromatic heterocycles. The van der Waals surface area contributed by atoms with Gasteiger partial charge in [0.2, 0.25) is 0 Å². The van der Waals surface area contributed by atoms with Gasteiger partial charge in [-0.3, -0.25) is 4.72 Å². The van der Waals surface area contributed by atoms with Crippen LogP contribution in [0.5, 0.6) is 0 Å². The summed E-state index contributed by atoms with van der Waals surface area (Å²) in [6.45, 7) is 1.93. The second-order valence-electron chi connectivity index (χ2n) is 4.27. The smallest absolute Gasteiger partial charge is 0.307 e. The molecule has 2 aromatic carbocycles. The monoisotopic (exact) mass is 342 g/mol. The molecule has 0 saturated heterocycles. The number of amides is 2. The van der Waals surface area contributed by atoms with E-state index in [0.29, 0.717) is 20.6 Å². The number of hydrogen-bond donors (Lipinski definition) is 2. The number of benzene rings is 2. The molecule has 0 spiro atoms. The van der Waals surface area contributed by atoms with Crippen LogP contribution in [-0.2, 0) is 11.0 Å². The average molecular weight is 343 g/mol. The zero-order chi connectivity index (χ0) is 15.4. The Bertz CT molecular complexity index is 690. The molecular weight excluding hydrogens is 331 g/mol. The molecule has 21 heavy (non-hydrogen) atoms. The van der Waals surface area contributed by atoms with Gasteiger partial charge in [-0.1, -0.05) is 40.9 Å². The van der Waals surface area contributed by atoms with E-state index in [2.05, 4.69) is 10.0 Å². The Morgan fingerprint density at radius 3 is 2.33 bits per heavy atom. The number of carbonyl (C=O) groups excluding carboxylic acids is 1. The standard InChI is InChI=1S/C14H12Cl2N2O2S/c1-9-2-5-11(6-3-9)21(20)18-14(19)17-10-4-7-12(15)13(16)8-10/h2-8H,1H3,(H2,17,18,19). The van der Waals surface area contributed by atoms with Crippen molar-refractivity contribution in [3.63, 3.8) is 0 Å². The fraction of sp³-hybridized carbons (Fsp3) is 0.0714. The van der Waals surface area contributed by atoms with Gasteiger partial charge in [-0.05, 0) is 37.3 Å². The van der Waals surface area contributed by atoms with Crippen LogP contribution in [0, 0.1) is 6.92 Å². The molecule has 0 aliphatic heterocycles. The second-order valence-corrected chi connectivity index (χ2v) is 6.29. The van der Waals surface area contributed by atoms with Crippen molar-refractivity contribution in [2.75, 3.05) is 5.32 Å². The summed E-state index contributed by atoms with van der Waals surface area (Å²) in [5.41, 5.74) is 1.51. The Balaban J connectivity index is 1.99. The van der Waals surface area contributed by atoms with Gasteiger partial charge in [0.25, 0.3) is 0 Å². The maximum absolute atomic E-state index is 12.0. The van der Waals surface area contributed by atoms with Crippen LogP contribution in [0.25, 0.3) is 0 Å². The second kappa shape index (κ2) is 6.93. The summed E-state index contributed by atoms with van der Waals surface area (Å²) in [4.78, 5) is 12.3. The van der Waals surface area contributed by atoms with Gasteiger partial charge >= 0.3 is 6.03 Å². The number of halogens is 2. The molecule has 110 valence electrons. The van der Waals surface area contributed by atoms with Crippen LogP contribution >= 0.6 is 23.2 Å². The first-order valence-corrected chi connectivity index (χ1v) is 7.87. The molecule has 2 N–H and O–H groups in total. The van der Waals surface area contributed by atoms with Crippen molar-refractivity contribution < 1.29 is 9.00 Å². The summed E-state index contributed by atoms with van der Waals surface area (Å²) < 4.78 is 14.3. The summed E-state index contributed by atoms with van der Waals surface area (Å²) >= 11 is 11.6. The molecular formula is C14H12Cl2N2O2S. The maximum atomic E-state index is 12.0. The van der Waals surface area contributed by atoms with Gasteiger partial charge in [0.15, 0.2) is 11.0 Å². The van der Waals surface area contributed by atoms with Gasteiger partial charge in [0.05, 0.1) is 14.9 Å². The number of hydrogen-bond acceptors (Lipinski definition) is 2. The van der Waals surface area contributed by atoms with E-state index in [9.17, 15) is 9.00 Å². The van der Waals surface area contributed by atoms with Gasteiger partial charge in [-0.2, -0.15) is 0 Å². The van der Waals surface area contributed by atoms with E-state index >= 15 is 0 Å². The Morgan fingerprint density at radius 1 is 1.05 bits per heavy atom. The Hall–Kier alpha value is -1.56. The highest BCUT2D eigenvalue weighted by molar-refractivity contribution is 7.83. The van der Waals surface area contributed by atoms with Crippen molar-refractivity contribution in [1.29, 1.82) is 0 Å². The van der Waals surface area contributed by atoms with Crippen LogP contribution in [-0.4, -0.2) is 10.2 Å². The molecule has 2 rings (SSSR count). The van der Waals surface area contributed by atoms with E-state index in [1.165, 1.54) is 6.07 Å². The third-order valence-corrected chi connectivity index (χ3v) is 4.41. The van der Waals surface area contributed by atoms with Crippen molar-refractivity contribution >= 4 is 45.9 Å². The number of urea groups is 1. The quantitative estimate of drug-likeness (QED) is 0.880. The number of anilines is 1. The van der Waals surface area contributed by atoms with Crippen LogP contribution in [0.1, 0.15) is 5.56 Å². The summed E-state index contributed by atoms with van der Waals surface area (Å²) in [6, 6.07) is 11.1. The predicted molar refractivity (Wildman–Crippen MR) is 86.2 cm³/mol. The molecule has 0 radical (unpaired) electrons. The molecule has 2 aromatic rings. The largest absolute Gasteiger partial charge is 0.331 e. The molecule has 1 atom stereocenters. The molecule has 7 heteroatoms. The number of carbonyl (C=O) groups is 1. The minimum Gasteiger partial charge on any atom is -0.307 e. The Morgan fingerprint density at radius 2 is 1.71 bits per heavy atom. The van der Waals surface area contributed by atoms with Gasteiger partial charge in [-0.15, -0.1) is 0 Å². The number of aryl methyl sites for hydroxylation is 1. The highest BCUT2D eigenvalue weighted by Crippen LogP contribution is 2.24. The molecule has 0 bridgehead atoms. The van der Waals surface area contributed by atoms with E-state index < -0.39 is 17.0 Å². The van der Waals surface area contributed by atoms with Crippen molar-refractivity contribution in [2.24, 2.45) is 0 Å². The Labute approximate surface area is 135 Å². The van der Waals surface area contributed by atoms with Crippen LogP contribution in [0.3, 0.4) is 0 Å². The highest BCUT2D eigenvalue weighted by Gasteiger charge is 2.09. The first-order valence-electron chi connectivity index (χ1n) is 5.97. The fourth-order valence-corrected chi connectivity index (χ4v) is 2.55. The van der Waals surface area contributed by atoms with Crippen molar-refractivity contribution in [3.05, 3.63) is 58.1 Å². The lowest BCUT2D eigenvalue weighted by atomic mass is 10.2. The molecule has 2 amide bonds. The van der Waals surface area contributed by atoms with Gasteiger partial charge in [0.1, 0.15) is 0 Å². The van der Waals surface area contributed by atoms with Gasteiger partial charge in [0, 0.05) is 5.69 Å². The number of rotatable bonds is 3. The third-order valence-electron chi connectivity index (χ3n) is 2.60. The lowest BCUT2D eigenvalue weighted by molar-refractivity contribution is 0.257. The molecule has 0 heterocycles. The van der Waals surface area contributed by atoms with Crippen LogP contribution in [0.2, 0.25) is 10.0 Å². The molecule has 0 aliphatic carbocycles. The normalized spacial score (nSPS) is 11.8. The van der Waals surface area contributed by atoms with E-state index in [0.717, 1.165) is 5.56 Å². The zero-order valence-electron chi connectivity index (χ0n) is 11.0. The van der Waals surface area contributed by atoms with Crippen molar-refractivity contribution in [2.45, 2.75) is 11.8 Å². The van der Waals surface area contributed by atoms with Crippen LogP contribution in [0.4, 0.5) is 10.5 Å². The van der Waals surface area contributed by atoms with Crippen molar-refractivity contribution in [1.82, 2.24) is 4.72 Å². The molecule has 4 nitrogen and oxygen atoms in total. The summed E-state index contributed by atoms with van der Waals surface area (Å²) in [5, 5.41) is 3.26. The molecule has 0 saturated carbocycles. The lowest BCUT2D eigenvalue weighted by Gasteiger charge is -2.08. The fourth-order valence-electron chi connectivity index (χ4n) is 1.54. The first kappa shape index (κ1) is 15.8. The summed E-state index contributed by atoms with van der Waals surface area (Å²) in [6.07, 6.45) is 0. The topological polar surface area (TPSA) is 58.2 Å². The Kier molecular flexibility index (Phi) is 5.22. The van der Waals surface area contributed by atoms with E-state index in [-0.39, 0.29) is 0 Å². The molecule has 0 fully saturated rings. The molecule has 0 aliphatic rings. The number of nitrogens with one attached hydrogen (secondary N) is 2. The van der Waals surface area contributed by atoms with Gasteiger partial charge in [-0.25, -0.2) is 9.00 Å². The third kappa shape index (κ3) is 4.46.